The Hall–Kier alpha value is -2.80. The molecule has 1 N–H and O–H groups in total. The Bertz CT molecular complexity index is 716. The van der Waals surface area contributed by atoms with Gasteiger partial charge in [-0.2, -0.15) is 0 Å². The van der Waals surface area contributed by atoms with Crippen LogP contribution >= 0.6 is 0 Å². The van der Waals surface area contributed by atoms with Crippen molar-refractivity contribution < 1.29 is 19.4 Å². The molecule has 1 amide bonds. The quantitative estimate of drug-likeness (QED) is 0.834. The topological polar surface area (TPSA) is 92.6 Å². The third-order valence-electron chi connectivity index (χ3n) is 3.52. The highest BCUT2D eigenvalue weighted by Gasteiger charge is 2.14. The van der Waals surface area contributed by atoms with Crippen LogP contribution in [0.2, 0.25) is 0 Å². The van der Waals surface area contributed by atoms with E-state index < -0.39 is 5.97 Å². The molecular weight excluding hydrogens is 310 g/mol. The molecule has 0 unspecified atom stereocenters. The number of carbonyl (C=O) groups is 2. The SMILES string of the molecule is CCN(CCOC)C(=O)c1ccc(-c2cncc(C(=O)O)n2)cc1. The molecule has 1 aromatic heterocycles. The lowest BCUT2D eigenvalue weighted by atomic mass is 10.1. The number of benzene rings is 1. The van der Waals surface area contributed by atoms with E-state index in [1.54, 1.807) is 36.3 Å². The van der Waals surface area contributed by atoms with Gasteiger partial charge in [-0.1, -0.05) is 12.1 Å². The van der Waals surface area contributed by atoms with Gasteiger partial charge >= 0.3 is 5.97 Å². The van der Waals surface area contributed by atoms with Crippen LogP contribution in [0.15, 0.2) is 36.7 Å². The molecule has 126 valence electrons. The average Bonchev–Trinajstić information content (AvgIpc) is 2.62. The Morgan fingerprint density at radius 1 is 1.21 bits per heavy atom. The van der Waals surface area contributed by atoms with Gasteiger partial charge in [0, 0.05) is 31.3 Å². The van der Waals surface area contributed by atoms with E-state index in [0.29, 0.717) is 36.5 Å². The minimum absolute atomic E-state index is 0.0773. The zero-order chi connectivity index (χ0) is 17.5. The second-order valence-electron chi connectivity index (χ2n) is 5.05. The first-order chi connectivity index (χ1) is 11.6. The summed E-state index contributed by atoms with van der Waals surface area (Å²) < 4.78 is 5.01. The number of carbonyl (C=O) groups excluding carboxylic acids is 1. The predicted octanol–water partition coefficient (Wildman–Crippen LogP) is 1.95. The van der Waals surface area contributed by atoms with Crippen molar-refractivity contribution in [2.24, 2.45) is 0 Å². The normalized spacial score (nSPS) is 10.4. The third-order valence-corrected chi connectivity index (χ3v) is 3.52. The summed E-state index contributed by atoms with van der Waals surface area (Å²) in [5.41, 5.74) is 1.58. The number of hydrogen-bond acceptors (Lipinski definition) is 5. The number of methoxy groups -OCH3 is 1. The second-order valence-corrected chi connectivity index (χ2v) is 5.05. The lowest BCUT2D eigenvalue weighted by molar-refractivity contribution is 0.0687. The van der Waals surface area contributed by atoms with E-state index in [9.17, 15) is 9.59 Å². The van der Waals surface area contributed by atoms with Crippen LogP contribution in [0.3, 0.4) is 0 Å². The predicted molar refractivity (Wildman–Crippen MR) is 87.9 cm³/mol. The standard InChI is InChI=1S/C17H19N3O4/c1-3-20(8-9-24-2)16(21)13-6-4-12(5-7-13)14-10-18-11-15(19-14)17(22)23/h4-7,10-11H,3,8-9H2,1-2H3,(H,22,23). The summed E-state index contributed by atoms with van der Waals surface area (Å²) in [6, 6.07) is 6.85. The van der Waals surface area contributed by atoms with Gasteiger partial charge < -0.3 is 14.7 Å². The van der Waals surface area contributed by atoms with Gasteiger partial charge in [0.05, 0.1) is 24.7 Å². The van der Waals surface area contributed by atoms with Crippen molar-refractivity contribution in [1.29, 1.82) is 0 Å². The van der Waals surface area contributed by atoms with Crippen molar-refractivity contribution in [2.45, 2.75) is 6.92 Å². The number of aromatic nitrogens is 2. The number of carboxylic acid groups (broad SMARTS) is 1. The first-order valence-electron chi connectivity index (χ1n) is 7.50. The highest BCUT2D eigenvalue weighted by atomic mass is 16.5. The summed E-state index contributed by atoms with van der Waals surface area (Å²) in [5, 5.41) is 8.97. The van der Waals surface area contributed by atoms with E-state index in [1.807, 2.05) is 6.92 Å². The molecule has 0 aliphatic heterocycles. The van der Waals surface area contributed by atoms with Crippen LogP contribution < -0.4 is 0 Å². The fourth-order valence-corrected chi connectivity index (χ4v) is 2.18. The van der Waals surface area contributed by atoms with E-state index in [-0.39, 0.29) is 11.6 Å². The Morgan fingerprint density at radius 2 is 1.92 bits per heavy atom. The number of hydrogen-bond donors (Lipinski definition) is 1. The summed E-state index contributed by atoms with van der Waals surface area (Å²) in [6.07, 6.45) is 2.68. The number of nitrogens with zero attached hydrogens (tertiary/aromatic N) is 3. The molecule has 0 atom stereocenters. The third kappa shape index (κ3) is 4.14. The Kier molecular flexibility index (Phi) is 5.97. The summed E-state index contributed by atoms with van der Waals surface area (Å²) >= 11 is 0. The smallest absolute Gasteiger partial charge is 0.356 e. The molecule has 1 heterocycles. The van der Waals surface area contributed by atoms with Crippen LogP contribution in [0.1, 0.15) is 27.8 Å². The van der Waals surface area contributed by atoms with Gasteiger partial charge in [-0.3, -0.25) is 9.78 Å². The van der Waals surface area contributed by atoms with Gasteiger partial charge in [-0.15, -0.1) is 0 Å². The number of likely N-dealkylation sites (N-methyl/N-ethyl adjacent to an activating group) is 1. The molecule has 2 rings (SSSR count). The summed E-state index contributed by atoms with van der Waals surface area (Å²) in [6.45, 7) is 3.51. The molecule has 1 aromatic carbocycles. The zero-order valence-electron chi connectivity index (χ0n) is 13.6. The van der Waals surface area contributed by atoms with Crippen LogP contribution in [0.25, 0.3) is 11.3 Å². The molecule has 7 nitrogen and oxygen atoms in total. The molecule has 2 aromatic rings. The summed E-state index contributed by atoms with van der Waals surface area (Å²) in [4.78, 5) is 33.0. The molecule has 24 heavy (non-hydrogen) atoms. The van der Waals surface area contributed by atoms with Crippen LogP contribution in [0.5, 0.6) is 0 Å². The molecule has 0 radical (unpaired) electrons. The molecule has 0 aliphatic rings. The van der Waals surface area contributed by atoms with Crippen molar-refractivity contribution in [3.63, 3.8) is 0 Å². The molecule has 0 aliphatic carbocycles. The highest BCUT2D eigenvalue weighted by molar-refractivity contribution is 5.94. The fraction of sp³-hybridized carbons (Fsp3) is 0.294. The van der Waals surface area contributed by atoms with Crippen LogP contribution in [-0.2, 0) is 4.74 Å². The summed E-state index contributed by atoms with van der Waals surface area (Å²) in [7, 11) is 1.60. The Labute approximate surface area is 139 Å². The van der Waals surface area contributed by atoms with E-state index in [2.05, 4.69) is 9.97 Å². The van der Waals surface area contributed by atoms with E-state index >= 15 is 0 Å². The largest absolute Gasteiger partial charge is 0.476 e. The van der Waals surface area contributed by atoms with Gasteiger partial charge in [0.25, 0.3) is 5.91 Å². The monoisotopic (exact) mass is 329 g/mol. The van der Waals surface area contributed by atoms with Crippen molar-refractivity contribution in [3.05, 3.63) is 47.9 Å². The maximum atomic E-state index is 12.4. The maximum absolute atomic E-state index is 12.4. The van der Waals surface area contributed by atoms with Gasteiger partial charge in [0.15, 0.2) is 5.69 Å². The van der Waals surface area contributed by atoms with Crippen molar-refractivity contribution in [1.82, 2.24) is 14.9 Å². The van der Waals surface area contributed by atoms with E-state index in [4.69, 9.17) is 9.84 Å². The Morgan fingerprint density at radius 3 is 2.50 bits per heavy atom. The van der Waals surface area contributed by atoms with Crippen molar-refractivity contribution >= 4 is 11.9 Å². The first-order valence-corrected chi connectivity index (χ1v) is 7.50. The lowest BCUT2D eigenvalue weighted by Gasteiger charge is -2.20. The van der Waals surface area contributed by atoms with Gasteiger partial charge in [0.2, 0.25) is 0 Å². The number of rotatable bonds is 7. The lowest BCUT2D eigenvalue weighted by Crippen LogP contribution is -2.33. The Balaban J connectivity index is 2.19. The number of aromatic carboxylic acids is 1. The molecule has 0 spiro atoms. The maximum Gasteiger partial charge on any atom is 0.356 e. The van der Waals surface area contributed by atoms with Crippen LogP contribution in [-0.4, -0.2) is 58.7 Å². The van der Waals surface area contributed by atoms with Crippen LogP contribution in [0, 0.1) is 0 Å². The number of carboxylic acids is 1. The van der Waals surface area contributed by atoms with Gasteiger partial charge in [-0.05, 0) is 19.1 Å². The zero-order valence-corrected chi connectivity index (χ0v) is 13.6. The number of ether oxygens (including phenoxy) is 1. The summed E-state index contributed by atoms with van der Waals surface area (Å²) in [5.74, 6) is -1.21. The number of amides is 1. The minimum Gasteiger partial charge on any atom is -0.476 e. The highest BCUT2D eigenvalue weighted by Crippen LogP contribution is 2.18. The fourth-order valence-electron chi connectivity index (χ4n) is 2.18. The molecule has 0 saturated carbocycles. The molecule has 0 saturated heterocycles. The minimum atomic E-state index is -1.13. The van der Waals surface area contributed by atoms with Crippen LogP contribution in [0.4, 0.5) is 0 Å². The van der Waals surface area contributed by atoms with Gasteiger partial charge in [-0.25, -0.2) is 9.78 Å². The molecule has 7 heteroatoms. The van der Waals surface area contributed by atoms with E-state index in [0.717, 1.165) is 0 Å². The molecular formula is C17H19N3O4. The molecule has 0 bridgehead atoms. The van der Waals surface area contributed by atoms with E-state index in [1.165, 1.54) is 12.4 Å². The first kappa shape index (κ1) is 17.6. The van der Waals surface area contributed by atoms with Crippen molar-refractivity contribution in [2.75, 3.05) is 26.8 Å². The molecule has 0 fully saturated rings. The average molecular weight is 329 g/mol. The van der Waals surface area contributed by atoms with Crippen molar-refractivity contribution in [3.8, 4) is 11.3 Å². The van der Waals surface area contributed by atoms with Gasteiger partial charge in [0.1, 0.15) is 0 Å². The second kappa shape index (κ2) is 8.16.